The largest absolute Gasteiger partial charge is 0.228 e. The topological polar surface area (TPSA) is 25.8 Å². The summed E-state index contributed by atoms with van der Waals surface area (Å²) in [5.74, 6) is 0.717. The fourth-order valence-corrected chi connectivity index (χ4v) is 8.96. The van der Waals surface area contributed by atoms with Crippen LogP contribution in [0.1, 0.15) is 22.3 Å². The van der Waals surface area contributed by atoms with E-state index in [1.54, 1.807) is 0 Å². The molecule has 2 nitrogen and oxygen atoms in total. The molecule has 1 heterocycles. The second-order valence-corrected chi connectivity index (χ2v) is 13.7. The third-order valence-electron chi connectivity index (χ3n) is 11.1. The lowest BCUT2D eigenvalue weighted by Crippen LogP contribution is -2.26. The minimum Gasteiger partial charge on any atom is -0.228 e. The van der Waals surface area contributed by atoms with Crippen molar-refractivity contribution in [1.29, 1.82) is 0 Å². The van der Waals surface area contributed by atoms with Gasteiger partial charge < -0.3 is 0 Å². The Kier molecular flexibility index (Phi) is 5.91. The number of hydrogen-bond acceptors (Lipinski definition) is 2. The summed E-state index contributed by atoms with van der Waals surface area (Å²) < 4.78 is 0. The van der Waals surface area contributed by atoms with Crippen LogP contribution in [-0.2, 0) is 5.41 Å². The minimum atomic E-state index is -0.371. The highest BCUT2D eigenvalue weighted by molar-refractivity contribution is 6.17. The molecule has 1 spiro atoms. The normalized spacial score (nSPS) is 13.3. The first kappa shape index (κ1) is 28.2. The van der Waals surface area contributed by atoms with Crippen molar-refractivity contribution in [2.45, 2.75) is 5.41 Å². The van der Waals surface area contributed by atoms with Gasteiger partial charge in [0.25, 0.3) is 0 Å². The van der Waals surface area contributed by atoms with Crippen LogP contribution in [0.3, 0.4) is 0 Å². The zero-order chi connectivity index (χ0) is 33.5. The van der Waals surface area contributed by atoms with Gasteiger partial charge in [0.15, 0.2) is 5.82 Å². The Bertz CT molecular complexity index is 2720. The van der Waals surface area contributed by atoms with E-state index in [4.69, 9.17) is 9.97 Å². The van der Waals surface area contributed by atoms with Gasteiger partial charge in [-0.25, -0.2) is 9.97 Å². The number of rotatable bonds is 4. The monoisotopic (exact) mass is 646 g/mol. The molecule has 0 saturated carbocycles. The molecule has 8 aromatic carbocycles. The fraction of sp³-hybridized carbons (Fsp3) is 0.0204. The highest BCUT2D eigenvalue weighted by atomic mass is 14.9. The summed E-state index contributed by atoms with van der Waals surface area (Å²) in [6, 6.07) is 65.9. The van der Waals surface area contributed by atoms with E-state index in [2.05, 4.69) is 170 Å². The van der Waals surface area contributed by atoms with E-state index in [1.165, 1.54) is 66.1 Å². The van der Waals surface area contributed by atoms with Crippen LogP contribution in [0.25, 0.3) is 77.7 Å². The second-order valence-electron chi connectivity index (χ2n) is 13.7. The summed E-state index contributed by atoms with van der Waals surface area (Å²) >= 11 is 0. The highest BCUT2D eigenvalue weighted by Gasteiger charge is 2.51. The molecule has 0 saturated heterocycles. The van der Waals surface area contributed by atoms with Gasteiger partial charge in [0.1, 0.15) is 0 Å². The molecule has 0 unspecified atom stereocenters. The zero-order valence-corrected chi connectivity index (χ0v) is 27.7. The first-order chi connectivity index (χ1) is 25.3. The molecule has 11 rings (SSSR count). The van der Waals surface area contributed by atoms with E-state index >= 15 is 0 Å². The van der Waals surface area contributed by atoms with Crippen LogP contribution in [0.15, 0.2) is 182 Å². The Balaban J connectivity index is 1.09. The molecule has 0 aliphatic heterocycles. The van der Waals surface area contributed by atoms with Crippen molar-refractivity contribution in [3.8, 4) is 56.2 Å². The standard InChI is InChI=1S/C49H30N2/c1-3-12-32(13-4-1)43-30-44(33-14-5-2-6-15-33)51-48(50-43)36-28-24-31(25-29-36)37-19-11-23-42-47(37)38-18-7-8-20-39(38)49(42)40-21-9-16-34-26-27-35-17-10-22-41(49)46(35)45(34)40/h1-30H. The lowest BCUT2D eigenvalue weighted by atomic mass is 9.70. The molecular weight excluding hydrogens is 617 g/mol. The molecule has 0 radical (unpaired) electrons. The van der Waals surface area contributed by atoms with Crippen LogP contribution in [0.2, 0.25) is 0 Å². The number of benzene rings is 8. The summed E-state index contributed by atoms with van der Waals surface area (Å²) in [6.45, 7) is 0. The van der Waals surface area contributed by atoms with E-state index in [1.807, 2.05) is 12.1 Å². The smallest absolute Gasteiger partial charge is 0.160 e. The summed E-state index contributed by atoms with van der Waals surface area (Å²) in [7, 11) is 0. The van der Waals surface area contributed by atoms with Crippen LogP contribution in [-0.4, -0.2) is 9.97 Å². The molecule has 9 aromatic rings. The van der Waals surface area contributed by atoms with Crippen LogP contribution >= 0.6 is 0 Å². The van der Waals surface area contributed by atoms with Crippen LogP contribution in [0.4, 0.5) is 0 Å². The average molecular weight is 647 g/mol. The van der Waals surface area contributed by atoms with Crippen molar-refractivity contribution < 1.29 is 0 Å². The van der Waals surface area contributed by atoms with E-state index in [-0.39, 0.29) is 5.41 Å². The van der Waals surface area contributed by atoms with E-state index in [0.29, 0.717) is 5.82 Å². The Hall–Kier alpha value is -6.64. The van der Waals surface area contributed by atoms with Gasteiger partial charge >= 0.3 is 0 Å². The highest BCUT2D eigenvalue weighted by Crippen LogP contribution is 2.63. The van der Waals surface area contributed by atoms with E-state index in [0.717, 1.165) is 28.1 Å². The summed E-state index contributed by atoms with van der Waals surface area (Å²) in [6.07, 6.45) is 0. The van der Waals surface area contributed by atoms with Gasteiger partial charge in [-0.1, -0.05) is 176 Å². The maximum atomic E-state index is 5.08. The number of nitrogens with zero attached hydrogens (tertiary/aromatic N) is 2. The first-order valence-corrected chi connectivity index (χ1v) is 17.6. The lowest BCUT2D eigenvalue weighted by molar-refractivity contribution is 0.797. The molecule has 2 heteroatoms. The molecule has 0 N–H and O–H groups in total. The Morgan fingerprint density at radius 2 is 0.824 bits per heavy atom. The first-order valence-electron chi connectivity index (χ1n) is 17.6. The SMILES string of the molecule is c1ccc(-c2cc(-c3ccccc3)nc(-c3ccc(-c4cccc5c4-c4ccccc4C54c5cccc6ccc7cccc4c7c56)cc3)n2)cc1. The second kappa shape index (κ2) is 10.7. The molecule has 236 valence electrons. The van der Waals surface area contributed by atoms with Crippen molar-refractivity contribution >= 4 is 21.5 Å². The molecular formula is C49H30N2. The number of fused-ring (bicyclic) bond motifs is 7. The van der Waals surface area contributed by atoms with Gasteiger partial charge in [0.05, 0.1) is 16.8 Å². The lowest BCUT2D eigenvalue weighted by Gasteiger charge is -2.31. The predicted octanol–water partition coefficient (Wildman–Crippen LogP) is 12.1. The number of hydrogen-bond donors (Lipinski definition) is 0. The molecule has 51 heavy (non-hydrogen) atoms. The Morgan fingerprint density at radius 1 is 0.333 bits per heavy atom. The van der Waals surface area contributed by atoms with Gasteiger partial charge in [0.2, 0.25) is 0 Å². The molecule has 1 aromatic heterocycles. The quantitative estimate of drug-likeness (QED) is 0.178. The van der Waals surface area contributed by atoms with Crippen molar-refractivity contribution in [2.75, 3.05) is 0 Å². The van der Waals surface area contributed by atoms with Gasteiger partial charge in [0, 0.05) is 16.7 Å². The van der Waals surface area contributed by atoms with Gasteiger partial charge in [-0.05, 0) is 72.1 Å². The maximum Gasteiger partial charge on any atom is 0.160 e. The molecule has 0 amide bonds. The van der Waals surface area contributed by atoms with Crippen LogP contribution in [0, 0.1) is 0 Å². The van der Waals surface area contributed by atoms with Crippen molar-refractivity contribution in [3.63, 3.8) is 0 Å². The van der Waals surface area contributed by atoms with Crippen molar-refractivity contribution in [2.24, 2.45) is 0 Å². The summed E-state index contributed by atoms with van der Waals surface area (Å²) in [4.78, 5) is 10.2. The van der Waals surface area contributed by atoms with Crippen LogP contribution < -0.4 is 0 Å². The minimum absolute atomic E-state index is 0.371. The predicted molar refractivity (Wildman–Crippen MR) is 210 cm³/mol. The van der Waals surface area contributed by atoms with E-state index in [9.17, 15) is 0 Å². The van der Waals surface area contributed by atoms with Crippen molar-refractivity contribution in [1.82, 2.24) is 9.97 Å². The third-order valence-corrected chi connectivity index (χ3v) is 11.1. The van der Waals surface area contributed by atoms with Crippen LogP contribution in [0.5, 0.6) is 0 Å². The summed E-state index contributed by atoms with van der Waals surface area (Å²) in [5.41, 5.74) is 15.1. The molecule has 0 atom stereocenters. The van der Waals surface area contributed by atoms with E-state index < -0.39 is 0 Å². The van der Waals surface area contributed by atoms with Gasteiger partial charge in [-0.2, -0.15) is 0 Å². The average Bonchev–Trinajstić information content (AvgIpc) is 3.69. The summed E-state index contributed by atoms with van der Waals surface area (Å²) in [5, 5.41) is 5.37. The molecule has 2 aliphatic rings. The molecule has 2 aliphatic carbocycles. The fourth-order valence-electron chi connectivity index (χ4n) is 8.96. The van der Waals surface area contributed by atoms with Crippen molar-refractivity contribution in [3.05, 3.63) is 204 Å². The van der Waals surface area contributed by atoms with Gasteiger partial charge in [-0.15, -0.1) is 0 Å². The number of aromatic nitrogens is 2. The molecule has 0 bridgehead atoms. The maximum absolute atomic E-state index is 5.08. The zero-order valence-electron chi connectivity index (χ0n) is 27.7. The Labute approximate surface area is 296 Å². The van der Waals surface area contributed by atoms with Gasteiger partial charge in [-0.3, -0.25) is 0 Å². The Morgan fingerprint density at radius 3 is 1.45 bits per heavy atom. The molecule has 0 fully saturated rings. The third kappa shape index (κ3) is 3.93.